The minimum atomic E-state index is 0.242. The van der Waals surface area contributed by atoms with Crippen molar-refractivity contribution < 1.29 is 24.1 Å². The minimum absolute atomic E-state index is 0.242. The number of aryl methyl sites for hydroxylation is 1. The molecule has 0 amide bonds. The monoisotopic (exact) mass is 409 g/mol. The van der Waals surface area contributed by atoms with Crippen LogP contribution >= 0.6 is 0 Å². The Morgan fingerprint density at radius 2 is 1.63 bits per heavy atom. The molecular formula is C24H31N3O3+2. The number of carbonyl (C=O) groups is 1. The predicted molar refractivity (Wildman–Crippen MR) is 117 cm³/mol. The predicted octanol–water partition coefficient (Wildman–Crippen LogP) is 0.530. The van der Waals surface area contributed by atoms with Gasteiger partial charge in [-0.3, -0.25) is 4.79 Å². The lowest BCUT2D eigenvalue weighted by atomic mass is 10.1. The van der Waals surface area contributed by atoms with E-state index in [1.807, 2.05) is 55.5 Å². The van der Waals surface area contributed by atoms with Gasteiger partial charge in [-0.05, 0) is 37.3 Å². The largest absolute Gasteiger partial charge is 0.497 e. The number of hydrogen-bond acceptors (Lipinski definition) is 3. The maximum Gasteiger partial charge on any atom is 0.219 e. The molecule has 0 atom stereocenters. The number of rotatable bonds is 8. The van der Waals surface area contributed by atoms with E-state index in [1.165, 1.54) is 4.90 Å². The topological polar surface area (TPSA) is 60.2 Å². The lowest BCUT2D eigenvalue weighted by molar-refractivity contribution is -1.01. The number of methoxy groups -OCH3 is 1. The molecule has 1 aliphatic heterocycles. The van der Waals surface area contributed by atoms with Crippen LogP contribution in [0.15, 0.2) is 48.5 Å². The molecule has 0 saturated carbocycles. The molecule has 2 aromatic carbocycles. The fourth-order valence-electron chi connectivity index (χ4n) is 4.32. The second-order valence-electron chi connectivity index (χ2n) is 8.04. The van der Waals surface area contributed by atoms with Crippen molar-refractivity contribution in [2.75, 3.05) is 53.0 Å². The zero-order valence-corrected chi connectivity index (χ0v) is 17.8. The fraction of sp³-hybridized carbons (Fsp3) is 0.375. The summed E-state index contributed by atoms with van der Waals surface area (Å²) in [5.74, 6) is 1.95. The third-order valence-electron chi connectivity index (χ3n) is 6.03. The van der Waals surface area contributed by atoms with Gasteiger partial charge in [-0.1, -0.05) is 18.2 Å². The molecular weight excluding hydrogens is 378 g/mol. The van der Waals surface area contributed by atoms with Crippen LogP contribution in [-0.4, -0.2) is 63.8 Å². The van der Waals surface area contributed by atoms with Gasteiger partial charge in [0.1, 0.15) is 57.4 Å². The van der Waals surface area contributed by atoms with Crippen LogP contribution in [0, 0.1) is 6.92 Å². The van der Waals surface area contributed by atoms with E-state index < -0.39 is 0 Å². The lowest BCUT2D eigenvalue weighted by Crippen LogP contribution is -3.28. The maximum absolute atomic E-state index is 13.0. The van der Waals surface area contributed by atoms with Crippen LogP contribution in [-0.2, 0) is 0 Å². The molecule has 1 aromatic heterocycles. The minimum Gasteiger partial charge on any atom is -0.497 e. The van der Waals surface area contributed by atoms with Crippen LogP contribution in [0.5, 0.6) is 11.5 Å². The van der Waals surface area contributed by atoms with Gasteiger partial charge in [0.2, 0.25) is 5.78 Å². The highest BCUT2D eigenvalue weighted by Gasteiger charge is 2.26. The van der Waals surface area contributed by atoms with E-state index in [4.69, 9.17) is 9.47 Å². The molecule has 0 spiro atoms. The van der Waals surface area contributed by atoms with Crippen LogP contribution in [0.3, 0.4) is 0 Å². The Labute approximate surface area is 177 Å². The summed E-state index contributed by atoms with van der Waals surface area (Å²) < 4.78 is 11.0. The number of ether oxygens (including phenoxy) is 2. The maximum atomic E-state index is 13.0. The number of benzene rings is 2. The van der Waals surface area contributed by atoms with E-state index in [0.717, 1.165) is 66.4 Å². The van der Waals surface area contributed by atoms with Gasteiger partial charge in [0, 0.05) is 16.6 Å². The molecule has 6 nitrogen and oxygen atoms in total. The van der Waals surface area contributed by atoms with Gasteiger partial charge in [0.05, 0.1) is 12.7 Å². The van der Waals surface area contributed by atoms with Crippen molar-refractivity contribution in [3.8, 4) is 11.5 Å². The SMILES string of the molecule is COc1ccc(OCC[NH+]2CC[NH+](CC(=O)c3c(C)[nH]c4ccccc34)CC2)cc1. The second-order valence-corrected chi connectivity index (χ2v) is 8.04. The zero-order chi connectivity index (χ0) is 20.9. The zero-order valence-electron chi connectivity index (χ0n) is 17.8. The molecule has 1 saturated heterocycles. The molecule has 2 heterocycles. The first-order chi connectivity index (χ1) is 14.6. The van der Waals surface area contributed by atoms with Crippen molar-refractivity contribution >= 4 is 16.7 Å². The molecule has 3 aromatic rings. The molecule has 0 bridgehead atoms. The summed E-state index contributed by atoms with van der Waals surface area (Å²) >= 11 is 0. The first kappa shape index (κ1) is 20.4. The van der Waals surface area contributed by atoms with E-state index in [-0.39, 0.29) is 5.78 Å². The Morgan fingerprint density at radius 3 is 2.37 bits per heavy atom. The first-order valence-corrected chi connectivity index (χ1v) is 10.7. The van der Waals surface area contributed by atoms with Crippen LogP contribution in [0.25, 0.3) is 10.9 Å². The molecule has 30 heavy (non-hydrogen) atoms. The average molecular weight is 410 g/mol. The standard InChI is InChI=1S/C24H29N3O3/c1-18-24(21-5-3-4-6-22(21)25-18)23(28)17-27-13-11-26(12-14-27)15-16-30-20-9-7-19(29-2)8-10-20/h3-10,25H,11-17H2,1-2H3/p+2. The highest BCUT2D eigenvalue weighted by Crippen LogP contribution is 2.21. The summed E-state index contributed by atoms with van der Waals surface area (Å²) in [6.07, 6.45) is 0. The molecule has 3 N–H and O–H groups in total. The summed E-state index contributed by atoms with van der Waals surface area (Å²) in [5, 5.41) is 1.04. The molecule has 6 heteroatoms. The number of nitrogens with one attached hydrogen (secondary N) is 3. The van der Waals surface area contributed by atoms with E-state index in [2.05, 4.69) is 4.98 Å². The van der Waals surface area contributed by atoms with Crippen LogP contribution in [0.4, 0.5) is 0 Å². The Kier molecular flexibility index (Phi) is 6.35. The Balaban J connectivity index is 1.23. The molecule has 1 aliphatic rings. The van der Waals surface area contributed by atoms with Crippen LogP contribution < -0.4 is 19.3 Å². The van der Waals surface area contributed by atoms with Gasteiger partial charge in [-0.25, -0.2) is 0 Å². The van der Waals surface area contributed by atoms with Crippen molar-refractivity contribution in [1.82, 2.24) is 4.98 Å². The van der Waals surface area contributed by atoms with Crippen molar-refractivity contribution in [1.29, 1.82) is 0 Å². The molecule has 1 fully saturated rings. The number of piperazine rings is 1. The number of Topliss-reactive ketones (excluding diaryl/α,β-unsaturated/α-hetero) is 1. The summed E-state index contributed by atoms with van der Waals surface area (Å²) in [6.45, 7) is 8.42. The van der Waals surface area contributed by atoms with Crippen LogP contribution in [0.2, 0.25) is 0 Å². The number of hydrogen-bond donors (Lipinski definition) is 3. The van der Waals surface area contributed by atoms with Gasteiger partial charge in [-0.15, -0.1) is 0 Å². The number of aromatic nitrogens is 1. The van der Waals surface area contributed by atoms with Crippen molar-refractivity contribution in [2.24, 2.45) is 0 Å². The number of ketones is 1. The van der Waals surface area contributed by atoms with Crippen molar-refractivity contribution in [2.45, 2.75) is 6.92 Å². The second kappa shape index (κ2) is 9.32. The summed E-state index contributed by atoms with van der Waals surface area (Å²) in [5.41, 5.74) is 2.88. The lowest BCUT2D eigenvalue weighted by Gasteiger charge is -2.29. The van der Waals surface area contributed by atoms with E-state index in [9.17, 15) is 4.79 Å². The van der Waals surface area contributed by atoms with Gasteiger partial charge in [0.25, 0.3) is 0 Å². The third kappa shape index (κ3) is 4.66. The Bertz CT molecular complexity index is 989. The molecule has 158 valence electrons. The quantitative estimate of drug-likeness (QED) is 0.476. The van der Waals surface area contributed by atoms with Gasteiger partial charge in [0.15, 0.2) is 0 Å². The van der Waals surface area contributed by atoms with E-state index in [1.54, 1.807) is 12.0 Å². The van der Waals surface area contributed by atoms with E-state index >= 15 is 0 Å². The fourth-order valence-corrected chi connectivity index (χ4v) is 4.32. The van der Waals surface area contributed by atoms with Gasteiger partial charge < -0.3 is 24.3 Å². The smallest absolute Gasteiger partial charge is 0.219 e. The number of fused-ring (bicyclic) bond motifs is 1. The molecule has 0 aliphatic carbocycles. The molecule has 0 unspecified atom stereocenters. The number of carbonyl (C=O) groups excluding carboxylic acids is 1. The highest BCUT2D eigenvalue weighted by atomic mass is 16.5. The average Bonchev–Trinajstić information content (AvgIpc) is 3.11. The summed E-state index contributed by atoms with van der Waals surface area (Å²) in [4.78, 5) is 19.3. The van der Waals surface area contributed by atoms with Gasteiger partial charge >= 0.3 is 0 Å². The van der Waals surface area contributed by atoms with Crippen LogP contribution in [0.1, 0.15) is 16.1 Å². The molecule has 0 radical (unpaired) electrons. The number of H-pyrrole nitrogens is 1. The summed E-state index contributed by atoms with van der Waals surface area (Å²) in [6, 6.07) is 15.8. The normalized spacial score (nSPS) is 19.0. The Morgan fingerprint density at radius 1 is 0.967 bits per heavy atom. The Hall–Kier alpha value is -2.83. The van der Waals surface area contributed by atoms with Crippen molar-refractivity contribution in [3.63, 3.8) is 0 Å². The number of quaternary nitrogens is 2. The van der Waals surface area contributed by atoms with Gasteiger partial charge in [-0.2, -0.15) is 0 Å². The first-order valence-electron chi connectivity index (χ1n) is 10.7. The van der Waals surface area contributed by atoms with Crippen molar-refractivity contribution in [3.05, 3.63) is 59.8 Å². The number of para-hydroxylation sites is 1. The summed E-state index contributed by atoms with van der Waals surface area (Å²) in [7, 11) is 1.66. The third-order valence-corrected chi connectivity index (χ3v) is 6.03. The number of aromatic amines is 1. The highest BCUT2D eigenvalue weighted by molar-refractivity contribution is 6.09. The molecule has 4 rings (SSSR count). The van der Waals surface area contributed by atoms with E-state index in [0.29, 0.717) is 13.2 Å².